The van der Waals surface area contributed by atoms with Crippen LogP contribution in [0.25, 0.3) is 17.1 Å². The minimum atomic E-state index is -0.384. The largest absolute Gasteiger partial charge is 0.332 e. The maximum absolute atomic E-state index is 12.6. The normalized spacial score (nSPS) is 11.5. The Morgan fingerprint density at radius 3 is 2.33 bits per heavy atom. The fraction of sp³-hybridized carbons (Fsp3) is 0.500. The molecule has 0 bridgehead atoms. The fourth-order valence-electron chi connectivity index (χ4n) is 2.97. The molecule has 8 heteroatoms. The van der Waals surface area contributed by atoms with Gasteiger partial charge in [0, 0.05) is 26.3 Å². The van der Waals surface area contributed by atoms with Crippen molar-refractivity contribution in [2.45, 2.75) is 40.2 Å². The molecule has 3 rings (SSSR count). The van der Waals surface area contributed by atoms with E-state index in [4.69, 9.17) is 0 Å². The zero-order valence-electron chi connectivity index (χ0n) is 14.7. The summed E-state index contributed by atoms with van der Waals surface area (Å²) in [4.78, 5) is 29.4. The number of imidazole rings is 1. The van der Waals surface area contributed by atoms with Crippen LogP contribution in [0.3, 0.4) is 0 Å². The van der Waals surface area contributed by atoms with E-state index in [1.165, 1.54) is 11.6 Å². The summed E-state index contributed by atoms with van der Waals surface area (Å²) in [6.45, 7) is 6.61. The van der Waals surface area contributed by atoms with E-state index in [0.29, 0.717) is 23.7 Å². The van der Waals surface area contributed by atoms with Gasteiger partial charge in [0.15, 0.2) is 11.2 Å². The zero-order chi connectivity index (χ0) is 17.6. The molecule has 24 heavy (non-hydrogen) atoms. The number of hydrogen-bond donors (Lipinski definition) is 0. The SMILES string of the molecule is CCc1cc(CC)n(-c2nc3c(c(=O)n(C)c(=O)n3C)n2CC)n1. The number of fused-ring (bicyclic) bond motifs is 1. The number of nitrogens with zero attached hydrogens (tertiary/aromatic N) is 6. The lowest BCUT2D eigenvalue weighted by Gasteiger charge is -2.08. The highest BCUT2D eigenvalue weighted by Gasteiger charge is 2.21. The Bertz CT molecular complexity index is 1030. The highest BCUT2D eigenvalue weighted by atomic mass is 16.2. The van der Waals surface area contributed by atoms with Crippen molar-refractivity contribution in [1.82, 2.24) is 28.5 Å². The summed E-state index contributed by atoms with van der Waals surface area (Å²) >= 11 is 0. The lowest BCUT2D eigenvalue weighted by Crippen LogP contribution is -2.37. The maximum Gasteiger partial charge on any atom is 0.332 e. The van der Waals surface area contributed by atoms with Gasteiger partial charge < -0.3 is 4.57 Å². The van der Waals surface area contributed by atoms with Crippen molar-refractivity contribution in [1.29, 1.82) is 0 Å². The molecule has 0 aliphatic heterocycles. The molecule has 0 saturated carbocycles. The van der Waals surface area contributed by atoms with Gasteiger partial charge in [0.2, 0.25) is 5.95 Å². The second-order valence-corrected chi connectivity index (χ2v) is 5.78. The van der Waals surface area contributed by atoms with Gasteiger partial charge in [0.05, 0.1) is 5.69 Å². The van der Waals surface area contributed by atoms with Gasteiger partial charge in [0.25, 0.3) is 5.56 Å². The van der Waals surface area contributed by atoms with Crippen LogP contribution in [0.4, 0.5) is 0 Å². The summed E-state index contributed by atoms with van der Waals surface area (Å²) in [5.74, 6) is 0.572. The van der Waals surface area contributed by atoms with E-state index in [0.717, 1.165) is 28.8 Å². The quantitative estimate of drug-likeness (QED) is 0.707. The monoisotopic (exact) mass is 330 g/mol. The average molecular weight is 330 g/mol. The van der Waals surface area contributed by atoms with Crippen molar-refractivity contribution >= 4 is 11.2 Å². The molecule has 0 aromatic carbocycles. The molecule has 0 atom stereocenters. The minimum Gasteiger partial charge on any atom is -0.303 e. The first-order valence-corrected chi connectivity index (χ1v) is 8.18. The molecule has 3 aromatic heterocycles. The van der Waals surface area contributed by atoms with Crippen LogP contribution in [0.2, 0.25) is 0 Å². The van der Waals surface area contributed by atoms with Crippen LogP contribution in [-0.2, 0) is 33.5 Å². The summed E-state index contributed by atoms with van der Waals surface area (Å²) in [5, 5.41) is 4.61. The molecular weight excluding hydrogens is 308 g/mol. The lowest BCUT2D eigenvalue weighted by atomic mass is 10.3. The van der Waals surface area contributed by atoms with Gasteiger partial charge in [-0.05, 0) is 25.8 Å². The minimum absolute atomic E-state index is 0.338. The smallest absolute Gasteiger partial charge is 0.303 e. The fourth-order valence-corrected chi connectivity index (χ4v) is 2.97. The van der Waals surface area contributed by atoms with Crippen molar-refractivity contribution in [3.8, 4) is 5.95 Å². The molecule has 0 N–H and O–H groups in total. The third kappa shape index (κ3) is 2.13. The maximum atomic E-state index is 12.6. The van der Waals surface area contributed by atoms with Crippen LogP contribution in [0.15, 0.2) is 15.7 Å². The molecular formula is C16H22N6O2. The molecule has 0 unspecified atom stereocenters. The third-order valence-electron chi connectivity index (χ3n) is 4.39. The zero-order valence-corrected chi connectivity index (χ0v) is 14.7. The van der Waals surface area contributed by atoms with E-state index in [2.05, 4.69) is 23.1 Å². The Kier molecular flexibility index (Phi) is 3.90. The van der Waals surface area contributed by atoms with Crippen molar-refractivity contribution in [2.75, 3.05) is 0 Å². The Morgan fingerprint density at radius 2 is 1.75 bits per heavy atom. The van der Waals surface area contributed by atoms with E-state index in [1.807, 2.05) is 18.4 Å². The van der Waals surface area contributed by atoms with Gasteiger partial charge in [-0.15, -0.1) is 0 Å². The molecule has 0 radical (unpaired) electrons. The first-order chi connectivity index (χ1) is 11.4. The molecule has 0 aliphatic carbocycles. The summed E-state index contributed by atoms with van der Waals surface area (Å²) in [5.41, 5.74) is 2.09. The molecule has 128 valence electrons. The van der Waals surface area contributed by atoms with Crippen molar-refractivity contribution in [3.63, 3.8) is 0 Å². The average Bonchev–Trinajstić information content (AvgIpc) is 3.18. The van der Waals surface area contributed by atoms with E-state index >= 15 is 0 Å². The highest BCUT2D eigenvalue weighted by molar-refractivity contribution is 5.72. The van der Waals surface area contributed by atoms with Crippen LogP contribution in [0.5, 0.6) is 0 Å². The van der Waals surface area contributed by atoms with Crippen LogP contribution < -0.4 is 11.2 Å². The van der Waals surface area contributed by atoms with E-state index in [9.17, 15) is 9.59 Å². The van der Waals surface area contributed by atoms with Gasteiger partial charge >= 0.3 is 5.69 Å². The van der Waals surface area contributed by atoms with E-state index in [1.54, 1.807) is 11.7 Å². The van der Waals surface area contributed by atoms with Gasteiger partial charge in [-0.1, -0.05) is 13.8 Å². The van der Waals surface area contributed by atoms with E-state index < -0.39 is 0 Å². The Labute approximate surface area is 139 Å². The predicted molar refractivity (Wildman–Crippen MR) is 91.8 cm³/mol. The molecule has 3 aromatic rings. The second-order valence-electron chi connectivity index (χ2n) is 5.78. The van der Waals surface area contributed by atoms with Crippen LogP contribution in [-0.4, -0.2) is 28.5 Å². The third-order valence-corrected chi connectivity index (χ3v) is 4.39. The molecule has 0 aliphatic rings. The Hall–Kier alpha value is -2.64. The van der Waals surface area contributed by atoms with E-state index in [-0.39, 0.29) is 11.2 Å². The summed E-state index contributed by atoms with van der Waals surface area (Å²) in [6.07, 6.45) is 1.63. The van der Waals surface area contributed by atoms with Crippen LogP contribution in [0.1, 0.15) is 32.2 Å². The molecule has 0 fully saturated rings. The second kappa shape index (κ2) is 5.77. The molecule has 3 heterocycles. The predicted octanol–water partition coefficient (Wildman–Crippen LogP) is 0.764. The number of rotatable bonds is 4. The highest BCUT2D eigenvalue weighted by Crippen LogP contribution is 2.18. The molecule has 0 spiro atoms. The Balaban J connectivity index is 2.45. The first kappa shape index (κ1) is 16.2. The van der Waals surface area contributed by atoms with Crippen LogP contribution in [0, 0.1) is 0 Å². The standard InChI is InChI=1S/C16H22N6O2/c1-6-10-9-11(7-2)22(18-10)15-17-13-12(21(15)8-3)14(23)20(5)16(24)19(13)4/h9H,6-8H2,1-5H3. The summed E-state index contributed by atoms with van der Waals surface area (Å²) < 4.78 is 6.12. The van der Waals surface area contributed by atoms with Crippen molar-refractivity contribution < 1.29 is 0 Å². The molecule has 8 nitrogen and oxygen atoms in total. The number of hydrogen-bond acceptors (Lipinski definition) is 4. The van der Waals surface area contributed by atoms with Crippen molar-refractivity contribution in [3.05, 3.63) is 38.3 Å². The molecule has 0 saturated heterocycles. The van der Waals surface area contributed by atoms with Crippen molar-refractivity contribution in [2.24, 2.45) is 14.1 Å². The van der Waals surface area contributed by atoms with Crippen LogP contribution >= 0.6 is 0 Å². The molecule has 0 amide bonds. The van der Waals surface area contributed by atoms with Gasteiger partial charge in [0.1, 0.15) is 0 Å². The Morgan fingerprint density at radius 1 is 1.04 bits per heavy atom. The van der Waals surface area contributed by atoms with Gasteiger partial charge in [-0.25, -0.2) is 9.48 Å². The number of aromatic nitrogens is 6. The summed E-state index contributed by atoms with van der Waals surface area (Å²) in [7, 11) is 3.11. The number of aryl methyl sites for hydroxylation is 4. The first-order valence-electron chi connectivity index (χ1n) is 8.18. The van der Waals surface area contributed by atoms with Gasteiger partial charge in [-0.2, -0.15) is 10.1 Å². The summed E-state index contributed by atoms with van der Waals surface area (Å²) in [6, 6.07) is 2.05. The lowest BCUT2D eigenvalue weighted by molar-refractivity contribution is 0.669. The topological polar surface area (TPSA) is 79.6 Å². The van der Waals surface area contributed by atoms with Gasteiger partial charge in [-0.3, -0.25) is 13.9 Å².